The third kappa shape index (κ3) is 3.52. The van der Waals surface area contributed by atoms with E-state index >= 15 is 0 Å². The third-order valence-corrected chi connectivity index (χ3v) is 4.39. The predicted molar refractivity (Wildman–Crippen MR) is 78.9 cm³/mol. The van der Waals surface area contributed by atoms with E-state index in [9.17, 15) is 13.2 Å². The quantitative estimate of drug-likeness (QED) is 0.941. The Labute approximate surface area is 123 Å². The molecule has 1 heterocycles. The van der Waals surface area contributed by atoms with Crippen LogP contribution < -0.4 is 5.32 Å². The van der Waals surface area contributed by atoms with Gasteiger partial charge in [-0.2, -0.15) is 0 Å². The van der Waals surface area contributed by atoms with Crippen molar-refractivity contribution in [1.29, 1.82) is 0 Å². The average Bonchev–Trinajstić information content (AvgIpc) is 2.84. The maximum atomic E-state index is 12.1. The Bertz CT molecular complexity index is 744. The maximum Gasteiger partial charge on any atom is 0.255 e. The number of carbonyl (C=O) groups excluding carboxylic acids is 1. The number of aryl methyl sites for hydroxylation is 1. The van der Waals surface area contributed by atoms with E-state index in [1.807, 2.05) is 6.92 Å². The minimum atomic E-state index is -3.21. The minimum absolute atomic E-state index is 0.221. The van der Waals surface area contributed by atoms with Crippen LogP contribution in [0.3, 0.4) is 0 Å². The van der Waals surface area contributed by atoms with Crippen molar-refractivity contribution in [3.05, 3.63) is 53.5 Å². The van der Waals surface area contributed by atoms with E-state index in [4.69, 9.17) is 4.42 Å². The van der Waals surface area contributed by atoms with Gasteiger partial charge in [0.2, 0.25) is 0 Å². The van der Waals surface area contributed by atoms with Gasteiger partial charge >= 0.3 is 0 Å². The van der Waals surface area contributed by atoms with Gasteiger partial charge in [-0.1, -0.05) is 12.1 Å². The SMILES string of the molecule is Cc1occc1C(=O)NC(C)c1ccc(S(C)(=O)=O)cc1. The van der Waals surface area contributed by atoms with Gasteiger partial charge in [0.05, 0.1) is 22.8 Å². The molecule has 0 radical (unpaired) electrons. The zero-order valence-electron chi connectivity index (χ0n) is 12.1. The molecule has 0 aliphatic carbocycles. The zero-order valence-corrected chi connectivity index (χ0v) is 12.9. The first-order valence-electron chi connectivity index (χ1n) is 6.44. The van der Waals surface area contributed by atoms with Crippen LogP contribution in [0, 0.1) is 6.92 Å². The van der Waals surface area contributed by atoms with Gasteiger partial charge in [-0.15, -0.1) is 0 Å². The molecule has 1 atom stereocenters. The minimum Gasteiger partial charge on any atom is -0.469 e. The normalized spacial score (nSPS) is 12.9. The number of hydrogen-bond acceptors (Lipinski definition) is 4. The van der Waals surface area contributed by atoms with E-state index in [-0.39, 0.29) is 16.8 Å². The molecule has 0 aliphatic rings. The molecule has 1 amide bonds. The van der Waals surface area contributed by atoms with Crippen molar-refractivity contribution in [2.75, 3.05) is 6.26 Å². The van der Waals surface area contributed by atoms with Crippen LogP contribution in [0.1, 0.15) is 34.6 Å². The number of rotatable bonds is 4. The fourth-order valence-electron chi connectivity index (χ4n) is 1.98. The van der Waals surface area contributed by atoms with Crippen LogP contribution in [0.25, 0.3) is 0 Å². The van der Waals surface area contributed by atoms with Crippen molar-refractivity contribution in [3.63, 3.8) is 0 Å². The molecule has 112 valence electrons. The van der Waals surface area contributed by atoms with Crippen LogP contribution in [0.15, 0.2) is 45.9 Å². The van der Waals surface area contributed by atoms with Gasteiger partial charge in [-0.25, -0.2) is 8.42 Å². The largest absolute Gasteiger partial charge is 0.469 e. The Balaban J connectivity index is 2.12. The number of nitrogens with one attached hydrogen (secondary N) is 1. The summed E-state index contributed by atoms with van der Waals surface area (Å²) >= 11 is 0. The third-order valence-electron chi connectivity index (χ3n) is 3.26. The van der Waals surface area contributed by atoms with Crippen LogP contribution in [0.4, 0.5) is 0 Å². The molecule has 0 spiro atoms. The van der Waals surface area contributed by atoms with Gasteiger partial charge < -0.3 is 9.73 Å². The molecule has 6 heteroatoms. The second-order valence-corrected chi connectivity index (χ2v) is 6.94. The van der Waals surface area contributed by atoms with Crippen molar-refractivity contribution < 1.29 is 17.6 Å². The molecule has 1 aromatic heterocycles. The van der Waals surface area contributed by atoms with Gasteiger partial charge in [0.1, 0.15) is 5.76 Å². The standard InChI is InChI=1S/C15H17NO4S/c1-10(16-15(17)14-8-9-20-11(14)2)12-4-6-13(7-5-12)21(3,18)19/h4-10H,1-3H3,(H,16,17). The van der Waals surface area contributed by atoms with E-state index in [0.29, 0.717) is 11.3 Å². The van der Waals surface area contributed by atoms with Crippen LogP contribution in [-0.2, 0) is 9.84 Å². The summed E-state index contributed by atoms with van der Waals surface area (Å²) in [7, 11) is -3.21. The van der Waals surface area contributed by atoms with E-state index in [2.05, 4.69) is 5.32 Å². The van der Waals surface area contributed by atoms with Crippen molar-refractivity contribution in [2.24, 2.45) is 0 Å². The maximum absolute atomic E-state index is 12.1. The van der Waals surface area contributed by atoms with E-state index in [0.717, 1.165) is 11.8 Å². The summed E-state index contributed by atoms with van der Waals surface area (Å²) in [6.07, 6.45) is 2.63. The molecule has 0 saturated carbocycles. The summed E-state index contributed by atoms with van der Waals surface area (Å²) in [4.78, 5) is 12.3. The molecule has 0 bridgehead atoms. The van der Waals surface area contributed by atoms with Crippen LogP contribution in [0.5, 0.6) is 0 Å². The van der Waals surface area contributed by atoms with Gasteiger partial charge in [0.25, 0.3) is 5.91 Å². The number of carbonyl (C=O) groups is 1. The molecular formula is C15H17NO4S. The lowest BCUT2D eigenvalue weighted by atomic mass is 10.1. The summed E-state index contributed by atoms with van der Waals surface area (Å²) in [6, 6.07) is 7.85. The summed E-state index contributed by atoms with van der Waals surface area (Å²) in [5, 5.41) is 2.85. The zero-order chi connectivity index (χ0) is 15.6. The summed E-state index contributed by atoms with van der Waals surface area (Å²) < 4.78 is 27.9. The number of benzene rings is 1. The highest BCUT2D eigenvalue weighted by Gasteiger charge is 2.15. The highest BCUT2D eigenvalue weighted by molar-refractivity contribution is 7.90. The summed E-state index contributed by atoms with van der Waals surface area (Å²) in [5.74, 6) is 0.341. The lowest BCUT2D eigenvalue weighted by Crippen LogP contribution is -2.26. The topological polar surface area (TPSA) is 76.4 Å². The van der Waals surface area contributed by atoms with Gasteiger partial charge in [-0.05, 0) is 37.6 Å². The van der Waals surface area contributed by atoms with E-state index in [1.54, 1.807) is 25.1 Å². The predicted octanol–water partition coefficient (Wildman–Crippen LogP) is 2.48. The Hall–Kier alpha value is -2.08. The Morgan fingerprint density at radius 2 is 1.81 bits per heavy atom. The smallest absolute Gasteiger partial charge is 0.255 e. The van der Waals surface area contributed by atoms with Gasteiger partial charge in [0.15, 0.2) is 9.84 Å². The second-order valence-electron chi connectivity index (χ2n) is 4.93. The summed E-state index contributed by atoms with van der Waals surface area (Å²) in [5.41, 5.74) is 1.33. The Morgan fingerprint density at radius 3 is 2.29 bits per heavy atom. The highest BCUT2D eigenvalue weighted by Crippen LogP contribution is 2.17. The molecule has 2 rings (SSSR count). The number of hydrogen-bond donors (Lipinski definition) is 1. The van der Waals surface area contributed by atoms with Crippen molar-refractivity contribution in [2.45, 2.75) is 24.8 Å². The van der Waals surface area contributed by atoms with Crippen molar-refractivity contribution in [3.8, 4) is 0 Å². The van der Waals surface area contributed by atoms with Gasteiger partial charge in [-0.3, -0.25) is 4.79 Å². The highest BCUT2D eigenvalue weighted by atomic mass is 32.2. The molecule has 1 aromatic carbocycles. The number of amides is 1. The lowest BCUT2D eigenvalue weighted by Gasteiger charge is -2.14. The molecule has 1 unspecified atom stereocenters. The Morgan fingerprint density at radius 1 is 1.19 bits per heavy atom. The van der Waals surface area contributed by atoms with Crippen LogP contribution in [0.2, 0.25) is 0 Å². The van der Waals surface area contributed by atoms with Crippen molar-refractivity contribution >= 4 is 15.7 Å². The molecule has 5 nitrogen and oxygen atoms in total. The second kappa shape index (κ2) is 5.73. The molecule has 0 aliphatic heterocycles. The fraction of sp³-hybridized carbons (Fsp3) is 0.267. The molecule has 2 aromatic rings. The molecule has 0 saturated heterocycles. The van der Waals surface area contributed by atoms with Crippen LogP contribution in [-0.4, -0.2) is 20.6 Å². The van der Waals surface area contributed by atoms with Crippen LogP contribution >= 0.6 is 0 Å². The van der Waals surface area contributed by atoms with E-state index in [1.165, 1.54) is 18.4 Å². The van der Waals surface area contributed by atoms with Crippen molar-refractivity contribution in [1.82, 2.24) is 5.32 Å². The summed E-state index contributed by atoms with van der Waals surface area (Å²) in [6.45, 7) is 3.56. The number of furan rings is 1. The average molecular weight is 307 g/mol. The molecule has 21 heavy (non-hydrogen) atoms. The molecule has 0 fully saturated rings. The molecule has 1 N–H and O–H groups in total. The first kappa shape index (κ1) is 15.3. The fourth-order valence-corrected chi connectivity index (χ4v) is 2.61. The Kier molecular flexibility index (Phi) is 4.18. The monoisotopic (exact) mass is 307 g/mol. The first-order valence-corrected chi connectivity index (χ1v) is 8.33. The first-order chi connectivity index (χ1) is 9.79. The lowest BCUT2D eigenvalue weighted by molar-refractivity contribution is 0.0938. The molecular weight excluding hydrogens is 290 g/mol. The van der Waals surface area contributed by atoms with E-state index < -0.39 is 9.84 Å². The van der Waals surface area contributed by atoms with Gasteiger partial charge in [0, 0.05) is 6.26 Å². The number of sulfone groups is 1.